The van der Waals surface area contributed by atoms with E-state index in [-0.39, 0.29) is 23.4 Å². The van der Waals surface area contributed by atoms with E-state index in [4.69, 9.17) is 37.3 Å². The van der Waals surface area contributed by atoms with Crippen molar-refractivity contribution in [2.24, 2.45) is 25.9 Å². The molecule has 6 aromatic heterocycles. The monoisotopic (exact) mass is 968 g/mol. The minimum atomic E-state index is 0.0242. The van der Waals surface area contributed by atoms with Gasteiger partial charge >= 0.3 is 0 Å². The highest BCUT2D eigenvalue weighted by molar-refractivity contribution is 6.30. The highest BCUT2D eigenvalue weighted by atomic mass is 35.5. The van der Waals surface area contributed by atoms with Gasteiger partial charge in [0.25, 0.3) is 0 Å². The third-order valence-corrected chi connectivity index (χ3v) is 11.1. The molecule has 2 saturated carbocycles. The van der Waals surface area contributed by atoms with Crippen molar-refractivity contribution in [1.29, 1.82) is 10.5 Å². The molecule has 21 heteroatoms. The molecule has 0 amide bonds. The second-order valence-corrected chi connectivity index (χ2v) is 16.5. The highest BCUT2D eigenvalue weighted by Gasteiger charge is 2.33. The number of Topliss-reactive ketones (excluding diaryl/α,β-unsaturated/α-hetero) is 2. The van der Waals surface area contributed by atoms with Crippen molar-refractivity contribution in [1.82, 2.24) is 49.5 Å². The van der Waals surface area contributed by atoms with Crippen molar-refractivity contribution in [3.63, 3.8) is 0 Å². The maximum atomic E-state index is 13.0. The quantitative estimate of drug-likeness (QED) is 0.0586. The summed E-state index contributed by atoms with van der Waals surface area (Å²) in [5, 5.41) is 36.2. The molecule has 2 aliphatic rings. The maximum absolute atomic E-state index is 13.0. The number of anilines is 7. The number of hydrogen-bond donors (Lipinski definition) is 4. The van der Waals surface area contributed by atoms with Gasteiger partial charge in [-0.05, 0) is 80.3 Å². The van der Waals surface area contributed by atoms with Gasteiger partial charge < -0.3 is 31.2 Å². The van der Waals surface area contributed by atoms with Gasteiger partial charge in [0.05, 0.1) is 59.2 Å². The Kier molecular flexibility index (Phi) is 14.8. The number of nitrogens with one attached hydrogen (secondary N) is 3. The first kappa shape index (κ1) is 48.2. The second-order valence-electron chi connectivity index (χ2n) is 16.2. The van der Waals surface area contributed by atoms with Crippen molar-refractivity contribution >= 4 is 63.4 Å². The number of nitrogen functional groups attached to an aromatic ring is 1. The number of para-hydroxylation sites is 2. The summed E-state index contributed by atoms with van der Waals surface area (Å²) in [4.78, 5) is 50.7. The number of methoxy groups -OCH3 is 2. The molecule has 0 atom stereocenters. The summed E-state index contributed by atoms with van der Waals surface area (Å²) in [5.74, 6) is 3.81. The number of carbonyl (C=O) groups excluding carboxylic acids is 2. The lowest BCUT2D eigenvalue weighted by molar-refractivity contribution is 0.0960. The van der Waals surface area contributed by atoms with Gasteiger partial charge in [-0.2, -0.15) is 20.7 Å². The smallest absolute Gasteiger partial charge is 0.184 e. The summed E-state index contributed by atoms with van der Waals surface area (Å²) in [5.41, 5.74) is 11.0. The van der Waals surface area contributed by atoms with Crippen LogP contribution < -0.4 is 31.2 Å². The fourth-order valence-electron chi connectivity index (χ4n) is 7.17. The van der Waals surface area contributed by atoms with Crippen LogP contribution in [0.3, 0.4) is 0 Å². The van der Waals surface area contributed by atoms with Crippen LogP contribution in [0.15, 0.2) is 110 Å². The lowest BCUT2D eigenvalue weighted by atomic mass is 10.1. The Labute approximate surface area is 412 Å². The lowest BCUT2D eigenvalue weighted by Gasteiger charge is -2.17. The normalized spacial score (nSPS) is 12.4. The molecule has 20 nitrogen and oxygen atoms in total. The lowest BCUT2D eigenvalue weighted by Crippen LogP contribution is -2.09. The Hall–Kier alpha value is -9.27. The second kappa shape index (κ2) is 21.8. The third kappa shape index (κ3) is 11.9. The summed E-state index contributed by atoms with van der Waals surface area (Å²) >= 11 is 6.07. The number of ether oxygens (including phenoxy) is 2. The van der Waals surface area contributed by atoms with Gasteiger partial charge in [-0.1, -0.05) is 35.9 Å². The van der Waals surface area contributed by atoms with Crippen molar-refractivity contribution in [2.75, 3.05) is 35.9 Å². The third-order valence-electron chi connectivity index (χ3n) is 10.9. The van der Waals surface area contributed by atoms with Gasteiger partial charge in [-0.3, -0.25) is 19.0 Å². The van der Waals surface area contributed by atoms with Gasteiger partial charge in [0.2, 0.25) is 0 Å². The minimum Gasteiger partial charge on any atom is -0.494 e. The molecule has 0 bridgehead atoms. The standard InChI is InChI=1S/C25H22N8O2.C19H18ClN5O2.C6H5N3/c1-33-14-28-25(32-33)17-6-4-7-19(24(17)35-2)30-20-11-22(27-13-18(20)23(34)15-9-10-15)31-21-8-3-5-16(12-26)29-21;1-25-10-22-19(24-25)12-4-3-5-14(18(12)27-2)23-15-8-16(20)21-9-13(15)17(26)11-6-7-11;7-4-5-2-1-3-6(8)9-5/h3-8,11,13-15H,9-10H2,1-2H3,(H2,27,29,30,31);3-5,8-11H,6-7H2,1-2H3,(H,21,23);1-3H,(H2,8,9). The summed E-state index contributed by atoms with van der Waals surface area (Å²) in [6.07, 6.45) is 9.95. The largest absolute Gasteiger partial charge is 0.494 e. The van der Waals surface area contributed by atoms with Crippen LogP contribution in [-0.4, -0.2) is 75.3 Å². The van der Waals surface area contributed by atoms with Gasteiger partial charge in [0.15, 0.2) is 34.7 Å². The van der Waals surface area contributed by atoms with Crippen LogP contribution in [0.5, 0.6) is 11.5 Å². The SMILES string of the molecule is COc1c(Nc2cc(Cl)ncc2C(=O)C2CC2)cccc1-c1ncn(C)n1.COc1c(Nc2cc(Nc3cccc(C#N)n3)ncc2C(=O)C2CC2)cccc1-c1ncn(C)n1.N#Cc1cccc(N)n1. The molecular weight excluding hydrogens is 924 g/mol. The summed E-state index contributed by atoms with van der Waals surface area (Å²) < 4.78 is 14.6. The molecule has 10 rings (SSSR count). The average Bonchev–Trinajstić information content (AvgIpc) is 4.32. The number of pyridine rings is 4. The predicted molar refractivity (Wildman–Crippen MR) is 266 cm³/mol. The van der Waals surface area contributed by atoms with Gasteiger partial charge in [0, 0.05) is 44.4 Å². The molecule has 0 aliphatic heterocycles. The number of rotatable bonds is 14. The first-order valence-electron chi connectivity index (χ1n) is 22.1. The molecule has 6 heterocycles. The van der Waals surface area contributed by atoms with E-state index < -0.39 is 0 Å². The van der Waals surface area contributed by atoms with Crippen LogP contribution >= 0.6 is 11.6 Å². The number of nitrogens with two attached hydrogens (primary N) is 1. The summed E-state index contributed by atoms with van der Waals surface area (Å²) in [6, 6.07) is 28.6. The average molecular weight is 969 g/mol. The zero-order valence-corrected chi connectivity index (χ0v) is 39.6. The molecule has 0 spiro atoms. The van der Waals surface area contributed by atoms with E-state index in [1.807, 2.05) is 48.5 Å². The first-order chi connectivity index (χ1) is 34.4. The molecule has 0 radical (unpaired) electrons. The number of nitrogens with zero attached hydrogens (tertiary/aromatic N) is 12. The first-order valence-corrected chi connectivity index (χ1v) is 22.4. The van der Waals surface area contributed by atoms with Gasteiger partial charge in [-0.15, -0.1) is 0 Å². The Morgan fingerprint density at radius 1 is 0.634 bits per heavy atom. The van der Waals surface area contributed by atoms with Gasteiger partial charge in [-0.25, -0.2) is 29.9 Å². The fourth-order valence-corrected chi connectivity index (χ4v) is 7.33. The van der Waals surface area contributed by atoms with Crippen LogP contribution in [0.1, 0.15) is 57.8 Å². The molecule has 5 N–H and O–H groups in total. The number of aromatic nitrogens is 10. The van der Waals surface area contributed by atoms with Crippen molar-refractivity contribution in [3.8, 4) is 46.4 Å². The Balaban J connectivity index is 0.000000166. The van der Waals surface area contributed by atoms with Crippen LogP contribution in [-0.2, 0) is 14.1 Å². The summed E-state index contributed by atoms with van der Waals surface area (Å²) in [6.45, 7) is 0. The Morgan fingerprint density at radius 2 is 1.13 bits per heavy atom. The van der Waals surface area contributed by atoms with Crippen molar-refractivity contribution in [2.45, 2.75) is 25.7 Å². The van der Waals surface area contributed by atoms with E-state index in [0.717, 1.165) is 36.8 Å². The van der Waals surface area contributed by atoms with E-state index in [1.165, 1.54) is 6.20 Å². The molecule has 8 aromatic rings. The van der Waals surface area contributed by atoms with Crippen LogP contribution in [0.2, 0.25) is 5.15 Å². The predicted octanol–water partition coefficient (Wildman–Crippen LogP) is 8.64. The van der Waals surface area contributed by atoms with Crippen molar-refractivity contribution < 1.29 is 19.1 Å². The van der Waals surface area contributed by atoms with E-state index in [0.29, 0.717) is 91.0 Å². The molecule has 2 aliphatic carbocycles. The number of aryl methyl sites for hydroxylation is 2. The Bertz CT molecular complexity index is 3330. The molecule has 0 unspecified atom stereocenters. The van der Waals surface area contributed by atoms with E-state index in [9.17, 15) is 9.59 Å². The molecule has 0 saturated heterocycles. The van der Waals surface area contributed by atoms with Crippen LogP contribution in [0.25, 0.3) is 22.8 Å². The maximum Gasteiger partial charge on any atom is 0.184 e. The van der Waals surface area contributed by atoms with Crippen LogP contribution in [0, 0.1) is 34.5 Å². The molecular formula is C50H45ClN16O4. The summed E-state index contributed by atoms with van der Waals surface area (Å²) in [7, 11) is 6.77. The number of ketones is 2. The van der Waals surface area contributed by atoms with E-state index >= 15 is 0 Å². The number of benzene rings is 2. The van der Waals surface area contributed by atoms with E-state index in [2.05, 4.69) is 56.1 Å². The van der Waals surface area contributed by atoms with Crippen LogP contribution in [0.4, 0.5) is 40.2 Å². The molecule has 71 heavy (non-hydrogen) atoms. The number of carbonyl (C=O) groups is 2. The number of hydrogen-bond acceptors (Lipinski definition) is 18. The van der Waals surface area contributed by atoms with E-state index in [1.54, 1.807) is 105 Å². The topological polar surface area (TPSA) is 275 Å². The molecule has 356 valence electrons. The molecule has 2 aromatic carbocycles. The molecule has 2 fully saturated rings. The Morgan fingerprint density at radius 3 is 1.59 bits per heavy atom. The fraction of sp³-hybridized carbons (Fsp3) is 0.200. The number of halogens is 1. The van der Waals surface area contributed by atoms with Gasteiger partial charge in [0.1, 0.15) is 58.8 Å². The number of nitriles is 2. The zero-order valence-electron chi connectivity index (χ0n) is 38.8. The minimum absolute atomic E-state index is 0.0242. The van der Waals surface area contributed by atoms with Crippen molar-refractivity contribution in [3.05, 3.63) is 138 Å². The highest BCUT2D eigenvalue weighted by Crippen LogP contribution is 2.41. The zero-order chi connectivity index (χ0) is 50.0.